The number of nitrogens with one attached hydrogen (secondary N) is 1. The highest BCUT2D eigenvalue weighted by Crippen LogP contribution is 2.37. The van der Waals surface area contributed by atoms with Crippen LogP contribution in [0.15, 0.2) is 24.3 Å². The molecular weight excluding hydrogens is 242 g/mol. The van der Waals surface area contributed by atoms with Crippen molar-refractivity contribution in [2.24, 2.45) is 0 Å². The average Bonchev–Trinajstić information content (AvgIpc) is 2.90. The van der Waals surface area contributed by atoms with Crippen molar-refractivity contribution in [2.75, 3.05) is 6.61 Å². The molecule has 2 aromatic rings. The first-order valence-electron chi connectivity index (χ1n) is 6.40. The Labute approximate surface area is 110 Å². The number of hydrogen-bond donors (Lipinski definition) is 2. The highest BCUT2D eigenvalue weighted by Gasteiger charge is 2.22. The van der Waals surface area contributed by atoms with E-state index in [4.69, 9.17) is 4.74 Å². The second kappa shape index (κ2) is 4.46. The smallest absolute Gasteiger partial charge is 0.331 e. The molecular formula is C15H15NO3. The number of esters is 1. The third kappa shape index (κ3) is 1.99. The molecule has 0 fully saturated rings. The summed E-state index contributed by atoms with van der Waals surface area (Å²) in [6.45, 7) is 2.18. The van der Waals surface area contributed by atoms with Crippen LogP contribution in [0.3, 0.4) is 0 Å². The Bertz CT molecular complexity index is 682. The molecule has 0 unspecified atom stereocenters. The van der Waals surface area contributed by atoms with Crippen LogP contribution in [-0.4, -0.2) is 22.7 Å². The topological polar surface area (TPSA) is 62.3 Å². The Morgan fingerprint density at radius 3 is 3.11 bits per heavy atom. The Morgan fingerprint density at radius 1 is 1.47 bits per heavy atom. The monoisotopic (exact) mass is 257 g/mol. The quantitative estimate of drug-likeness (QED) is 0.642. The van der Waals surface area contributed by atoms with Gasteiger partial charge in [0.25, 0.3) is 0 Å². The molecule has 0 atom stereocenters. The van der Waals surface area contributed by atoms with E-state index in [2.05, 4.69) is 4.98 Å². The van der Waals surface area contributed by atoms with Crippen molar-refractivity contribution in [1.82, 2.24) is 4.98 Å². The second-order valence-electron chi connectivity index (χ2n) is 4.63. The van der Waals surface area contributed by atoms with Crippen molar-refractivity contribution in [1.29, 1.82) is 0 Å². The molecule has 0 aliphatic heterocycles. The fraction of sp³-hybridized carbons (Fsp3) is 0.267. The number of carbonyl (C=O) groups excluding carboxylic acids is 1. The fourth-order valence-electron chi connectivity index (χ4n) is 2.62. The molecule has 1 aliphatic rings. The molecule has 1 heterocycles. The van der Waals surface area contributed by atoms with E-state index in [0.717, 1.165) is 35.0 Å². The normalized spacial score (nSPS) is 15.9. The van der Waals surface area contributed by atoms with E-state index in [-0.39, 0.29) is 11.7 Å². The number of H-pyrrole nitrogens is 1. The molecule has 0 saturated heterocycles. The first-order chi connectivity index (χ1) is 9.19. The predicted molar refractivity (Wildman–Crippen MR) is 72.9 cm³/mol. The molecule has 1 aliphatic carbocycles. The molecule has 3 rings (SSSR count). The molecule has 0 spiro atoms. The average molecular weight is 257 g/mol. The molecule has 0 bridgehead atoms. The van der Waals surface area contributed by atoms with Gasteiger partial charge in [-0.1, -0.05) is 0 Å². The summed E-state index contributed by atoms with van der Waals surface area (Å²) < 4.78 is 4.94. The van der Waals surface area contributed by atoms with E-state index in [9.17, 15) is 9.90 Å². The second-order valence-corrected chi connectivity index (χ2v) is 4.63. The molecule has 0 radical (unpaired) electrons. The largest absolute Gasteiger partial charge is 0.508 e. The molecule has 4 heteroatoms. The molecule has 1 aromatic carbocycles. The summed E-state index contributed by atoms with van der Waals surface area (Å²) in [5, 5.41) is 10.6. The van der Waals surface area contributed by atoms with Crippen LogP contribution in [0.5, 0.6) is 5.75 Å². The van der Waals surface area contributed by atoms with Crippen molar-refractivity contribution < 1.29 is 14.6 Å². The number of benzene rings is 1. The summed E-state index contributed by atoms with van der Waals surface area (Å²) in [6, 6.07) is 5.27. The van der Waals surface area contributed by atoms with Crippen LogP contribution in [0.25, 0.3) is 16.5 Å². The van der Waals surface area contributed by atoms with Gasteiger partial charge in [-0.05, 0) is 49.1 Å². The first-order valence-corrected chi connectivity index (χ1v) is 6.40. The number of aryl methyl sites for hydroxylation is 1. The van der Waals surface area contributed by atoms with E-state index < -0.39 is 0 Å². The number of allylic oxidation sites excluding steroid dienone is 1. The maximum absolute atomic E-state index is 11.5. The number of carbonyl (C=O) groups is 1. The summed E-state index contributed by atoms with van der Waals surface area (Å²) >= 11 is 0. The number of phenols is 1. The van der Waals surface area contributed by atoms with Gasteiger partial charge < -0.3 is 14.8 Å². The van der Waals surface area contributed by atoms with E-state index in [0.29, 0.717) is 6.61 Å². The van der Waals surface area contributed by atoms with Gasteiger partial charge in [0, 0.05) is 22.7 Å². The minimum atomic E-state index is -0.299. The zero-order valence-corrected chi connectivity index (χ0v) is 10.7. The van der Waals surface area contributed by atoms with Gasteiger partial charge in [0.05, 0.1) is 6.61 Å². The van der Waals surface area contributed by atoms with Crippen LogP contribution in [0, 0.1) is 0 Å². The van der Waals surface area contributed by atoms with Crippen LogP contribution < -0.4 is 0 Å². The third-order valence-corrected chi connectivity index (χ3v) is 3.43. The minimum Gasteiger partial charge on any atom is -0.508 e. The molecule has 98 valence electrons. The molecule has 4 nitrogen and oxygen atoms in total. The van der Waals surface area contributed by atoms with Crippen LogP contribution in [0.4, 0.5) is 0 Å². The van der Waals surface area contributed by atoms with E-state index in [1.165, 1.54) is 5.56 Å². The first kappa shape index (κ1) is 11.8. The Hall–Kier alpha value is -2.23. The standard InChI is InChI=1S/C15H15NO3/c1-2-19-14(18)7-9-3-5-11-12-8-10(17)4-6-13(12)16-15(9)11/h4,6-8,16-17H,2-3,5H2,1H3. The summed E-state index contributed by atoms with van der Waals surface area (Å²) in [5.74, 6) is -0.0380. The van der Waals surface area contributed by atoms with Gasteiger partial charge in [-0.25, -0.2) is 4.79 Å². The highest BCUT2D eigenvalue weighted by molar-refractivity contribution is 5.97. The minimum absolute atomic E-state index is 0.261. The van der Waals surface area contributed by atoms with Crippen molar-refractivity contribution in [2.45, 2.75) is 19.8 Å². The van der Waals surface area contributed by atoms with Crippen molar-refractivity contribution in [3.05, 3.63) is 35.5 Å². The lowest BCUT2D eigenvalue weighted by molar-refractivity contribution is -0.137. The van der Waals surface area contributed by atoms with Crippen LogP contribution >= 0.6 is 0 Å². The molecule has 1 aromatic heterocycles. The van der Waals surface area contributed by atoms with Crippen LogP contribution in [-0.2, 0) is 16.0 Å². The maximum Gasteiger partial charge on any atom is 0.331 e. The predicted octanol–water partition coefficient (Wildman–Crippen LogP) is 2.77. The maximum atomic E-state index is 11.5. The van der Waals surface area contributed by atoms with E-state index in [1.54, 1.807) is 25.1 Å². The summed E-state index contributed by atoms with van der Waals surface area (Å²) in [4.78, 5) is 14.8. The van der Waals surface area contributed by atoms with Crippen molar-refractivity contribution >= 4 is 22.4 Å². The molecule has 0 saturated carbocycles. The van der Waals surface area contributed by atoms with Gasteiger partial charge in [-0.3, -0.25) is 0 Å². The SMILES string of the molecule is CCOC(=O)C=C1CCc2c1[nH]c1ccc(O)cc21. The number of fused-ring (bicyclic) bond motifs is 3. The Balaban J connectivity index is 2.05. The van der Waals surface area contributed by atoms with Gasteiger partial charge in [0.15, 0.2) is 0 Å². The highest BCUT2D eigenvalue weighted by atomic mass is 16.5. The van der Waals surface area contributed by atoms with Gasteiger partial charge in [-0.2, -0.15) is 0 Å². The van der Waals surface area contributed by atoms with Crippen molar-refractivity contribution in [3.8, 4) is 5.75 Å². The lowest BCUT2D eigenvalue weighted by Crippen LogP contribution is -2.00. The molecule has 2 N–H and O–H groups in total. The number of ether oxygens (including phenoxy) is 1. The van der Waals surface area contributed by atoms with Crippen LogP contribution in [0.1, 0.15) is 24.6 Å². The number of rotatable bonds is 2. The summed E-state index contributed by atoms with van der Waals surface area (Å²) in [5.41, 5.74) is 4.12. The Kier molecular flexibility index (Phi) is 2.78. The lowest BCUT2D eigenvalue weighted by atomic mass is 10.1. The third-order valence-electron chi connectivity index (χ3n) is 3.43. The lowest BCUT2D eigenvalue weighted by Gasteiger charge is -1.99. The van der Waals surface area contributed by atoms with Gasteiger partial charge in [0.1, 0.15) is 5.75 Å². The fourth-order valence-corrected chi connectivity index (χ4v) is 2.62. The van der Waals surface area contributed by atoms with Gasteiger partial charge in [0.2, 0.25) is 0 Å². The van der Waals surface area contributed by atoms with E-state index >= 15 is 0 Å². The summed E-state index contributed by atoms with van der Waals surface area (Å²) in [6.07, 6.45) is 3.26. The zero-order chi connectivity index (χ0) is 13.4. The number of hydrogen-bond acceptors (Lipinski definition) is 3. The van der Waals surface area contributed by atoms with Crippen molar-refractivity contribution in [3.63, 3.8) is 0 Å². The summed E-state index contributed by atoms with van der Waals surface area (Å²) in [7, 11) is 0. The number of aromatic nitrogens is 1. The van der Waals surface area contributed by atoms with Gasteiger partial charge in [-0.15, -0.1) is 0 Å². The number of aromatic amines is 1. The zero-order valence-electron chi connectivity index (χ0n) is 10.7. The molecule has 19 heavy (non-hydrogen) atoms. The van der Waals surface area contributed by atoms with Crippen LogP contribution in [0.2, 0.25) is 0 Å². The van der Waals surface area contributed by atoms with Gasteiger partial charge >= 0.3 is 5.97 Å². The van der Waals surface area contributed by atoms with E-state index in [1.807, 2.05) is 6.07 Å². The Morgan fingerprint density at radius 2 is 2.32 bits per heavy atom. The number of phenolic OH excluding ortho intramolecular Hbond substituents is 1. The molecule has 0 amide bonds. The number of aromatic hydroxyl groups is 1.